The van der Waals surface area contributed by atoms with Crippen LogP contribution in [-0.2, 0) is 10.4 Å². The maximum Gasteiger partial charge on any atom is 0.340 e. The second-order valence-electron chi connectivity index (χ2n) is 6.05. The number of para-hydroxylation sites is 1. The van der Waals surface area contributed by atoms with E-state index in [-0.39, 0.29) is 0 Å². The van der Waals surface area contributed by atoms with Gasteiger partial charge in [0.2, 0.25) is 0 Å². The monoisotopic (exact) mass is 359 g/mol. The Morgan fingerprint density at radius 3 is 2.68 bits per heavy atom. The number of ether oxygens (including phenoxy) is 1. The number of aliphatic hydroxyl groups is 1. The normalized spacial score (nSPS) is 16.0. The van der Waals surface area contributed by atoms with Crippen LogP contribution in [0.15, 0.2) is 53.4 Å². The van der Waals surface area contributed by atoms with Crippen molar-refractivity contribution in [1.82, 2.24) is 0 Å². The third-order valence-corrected chi connectivity index (χ3v) is 5.33. The number of anilines is 1. The Balaban J connectivity index is 1.58. The molecule has 0 radical (unpaired) electrons. The molecule has 1 heterocycles. The summed E-state index contributed by atoms with van der Waals surface area (Å²) in [6.45, 7) is 3.57. The molecule has 0 saturated heterocycles. The molecule has 0 spiro atoms. The van der Waals surface area contributed by atoms with Crippen molar-refractivity contribution in [2.75, 3.05) is 30.3 Å². The Morgan fingerprint density at radius 1 is 1.24 bits per heavy atom. The number of thioether (sulfide) groups is 1. The van der Waals surface area contributed by atoms with Gasteiger partial charge in [-0.1, -0.05) is 24.3 Å². The van der Waals surface area contributed by atoms with E-state index in [4.69, 9.17) is 9.84 Å². The van der Waals surface area contributed by atoms with E-state index < -0.39 is 11.6 Å². The molecule has 0 saturated carbocycles. The van der Waals surface area contributed by atoms with Crippen LogP contribution in [0.3, 0.4) is 0 Å². The third-order valence-electron chi connectivity index (χ3n) is 4.29. The third kappa shape index (κ3) is 3.91. The van der Waals surface area contributed by atoms with E-state index in [0.717, 1.165) is 18.8 Å². The van der Waals surface area contributed by atoms with Gasteiger partial charge in [-0.3, -0.25) is 0 Å². The van der Waals surface area contributed by atoms with E-state index in [1.54, 1.807) is 24.3 Å². The predicted molar refractivity (Wildman–Crippen MR) is 98.5 cm³/mol. The molecule has 2 aromatic rings. The lowest BCUT2D eigenvalue weighted by atomic mass is 9.96. The van der Waals surface area contributed by atoms with Crippen LogP contribution in [0.25, 0.3) is 0 Å². The second-order valence-corrected chi connectivity index (χ2v) is 7.19. The summed E-state index contributed by atoms with van der Waals surface area (Å²) >= 11 is 1.87. The molecule has 1 aliphatic rings. The summed E-state index contributed by atoms with van der Waals surface area (Å²) in [5.74, 6) is 0.447. The highest BCUT2D eigenvalue weighted by Gasteiger charge is 2.31. The van der Waals surface area contributed by atoms with E-state index in [0.29, 0.717) is 17.9 Å². The van der Waals surface area contributed by atoms with Gasteiger partial charge in [-0.25, -0.2) is 4.79 Å². The molecule has 0 bridgehead atoms. The number of benzene rings is 2. The first-order valence-electron chi connectivity index (χ1n) is 8.14. The van der Waals surface area contributed by atoms with Gasteiger partial charge in [0.15, 0.2) is 5.60 Å². The summed E-state index contributed by atoms with van der Waals surface area (Å²) in [4.78, 5) is 14.7. The summed E-state index contributed by atoms with van der Waals surface area (Å²) in [5.41, 5.74) is -0.321. The van der Waals surface area contributed by atoms with Gasteiger partial charge in [0.25, 0.3) is 0 Å². The van der Waals surface area contributed by atoms with Gasteiger partial charge in [0, 0.05) is 17.2 Å². The number of hydrogen-bond donors (Lipinski definition) is 2. The SMILES string of the molecule is CC(O)(C(=O)O)c1ccc(OCCN2CCSc3ccccc32)cc1. The molecule has 0 aliphatic carbocycles. The molecule has 3 rings (SSSR count). The molecule has 1 aliphatic heterocycles. The molecule has 2 aromatic carbocycles. The number of carbonyl (C=O) groups is 1. The van der Waals surface area contributed by atoms with Crippen LogP contribution in [0.2, 0.25) is 0 Å². The smallest absolute Gasteiger partial charge is 0.340 e. The van der Waals surface area contributed by atoms with Crippen LogP contribution in [0.1, 0.15) is 12.5 Å². The lowest BCUT2D eigenvalue weighted by Crippen LogP contribution is -2.33. The highest BCUT2D eigenvalue weighted by atomic mass is 32.2. The molecule has 5 nitrogen and oxygen atoms in total. The lowest BCUT2D eigenvalue weighted by molar-refractivity contribution is -0.157. The van der Waals surface area contributed by atoms with Crippen molar-refractivity contribution >= 4 is 23.4 Å². The molecular weight excluding hydrogens is 338 g/mol. The van der Waals surface area contributed by atoms with Gasteiger partial charge in [-0.2, -0.15) is 0 Å². The van der Waals surface area contributed by atoms with E-state index in [2.05, 4.69) is 23.1 Å². The number of rotatable bonds is 6. The van der Waals surface area contributed by atoms with Crippen LogP contribution < -0.4 is 9.64 Å². The van der Waals surface area contributed by atoms with E-state index >= 15 is 0 Å². The van der Waals surface area contributed by atoms with Crippen LogP contribution in [0, 0.1) is 0 Å². The number of hydrogen-bond acceptors (Lipinski definition) is 5. The highest BCUT2D eigenvalue weighted by Crippen LogP contribution is 2.34. The summed E-state index contributed by atoms with van der Waals surface area (Å²) < 4.78 is 5.77. The fourth-order valence-corrected chi connectivity index (χ4v) is 3.78. The zero-order valence-corrected chi connectivity index (χ0v) is 14.8. The fourth-order valence-electron chi connectivity index (χ4n) is 2.73. The molecule has 2 N–H and O–H groups in total. The van der Waals surface area contributed by atoms with Crippen molar-refractivity contribution in [3.05, 3.63) is 54.1 Å². The quantitative estimate of drug-likeness (QED) is 0.826. The Morgan fingerprint density at radius 2 is 1.96 bits per heavy atom. The van der Waals surface area contributed by atoms with E-state index in [1.165, 1.54) is 17.5 Å². The van der Waals surface area contributed by atoms with Gasteiger partial charge in [0.05, 0.1) is 12.2 Å². The van der Waals surface area contributed by atoms with Crippen molar-refractivity contribution < 1.29 is 19.7 Å². The molecule has 1 unspecified atom stereocenters. The first-order valence-corrected chi connectivity index (χ1v) is 9.13. The Hall–Kier alpha value is -2.18. The predicted octanol–water partition coefficient (Wildman–Crippen LogP) is 2.97. The zero-order chi connectivity index (χ0) is 17.9. The molecule has 132 valence electrons. The minimum absolute atomic E-state index is 0.328. The minimum atomic E-state index is -1.90. The van der Waals surface area contributed by atoms with Crippen LogP contribution >= 0.6 is 11.8 Å². The molecule has 1 atom stereocenters. The summed E-state index contributed by atoms with van der Waals surface area (Å²) in [7, 11) is 0. The Bertz CT molecular complexity index is 745. The maximum absolute atomic E-state index is 11.1. The minimum Gasteiger partial charge on any atom is -0.492 e. The molecular formula is C19H21NO4S. The Kier molecular flexibility index (Phi) is 5.20. The maximum atomic E-state index is 11.1. The lowest BCUT2D eigenvalue weighted by Gasteiger charge is -2.30. The van der Waals surface area contributed by atoms with Crippen LogP contribution in [-0.4, -0.2) is 41.6 Å². The zero-order valence-electron chi connectivity index (χ0n) is 14.0. The summed E-state index contributed by atoms with van der Waals surface area (Å²) in [6.07, 6.45) is 0. The average molecular weight is 359 g/mol. The van der Waals surface area contributed by atoms with Gasteiger partial charge in [-0.05, 0) is 36.8 Å². The molecule has 0 fully saturated rings. The van der Waals surface area contributed by atoms with Gasteiger partial charge >= 0.3 is 5.97 Å². The Labute approximate surface area is 151 Å². The van der Waals surface area contributed by atoms with Crippen molar-refractivity contribution in [3.63, 3.8) is 0 Å². The number of carboxylic acids is 1. The molecule has 0 aromatic heterocycles. The number of carboxylic acid groups (broad SMARTS) is 1. The van der Waals surface area contributed by atoms with Crippen LogP contribution in [0.5, 0.6) is 5.75 Å². The molecule has 25 heavy (non-hydrogen) atoms. The highest BCUT2D eigenvalue weighted by molar-refractivity contribution is 7.99. The van der Waals surface area contributed by atoms with Crippen LogP contribution in [0.4, 0.5) is 5.69 Å². The number of nitrogens with zero attached hydrogens (tertiary/aromatic N) is 1. The summed E-state index contributed by atoms with van der Waals surface area (Å²) in [6, 6.07) is 14.9. The number of fused-ring (bicyclic) bond motifs is 1. The first-order chi connectivity index (χ1) is 12.0. The van der Waals surface area contributed by atoms with Crippen molar-refractivity contribution in [1.29, 1.82) is 0 Å². The first kappa shape index (κ1) is 17.6. The largest absolute Gasteiger partial charge is 0.492 e. The number of aliphatic carboxylic acids is 1. The van der Waals surface area contributed by atoms with Gasteiger partial charge < -0.3 is 19.8 Å². The van der Waals surface area contributed by atoms with Gasteiger partial charge in [-0.15, -0.1) is 11.8 Å². The van der Waals surface area contributed by atoms with E-state index in [1.807, 2.05) is 17.8 Å². The fraction of sp³-hybridized carbons (Fsp3) is 0.316. The summed E-state index contributed by atoms with van der Waals surface area (Å²) in [5, 5.41) is 19.0. The van der Waals surface area contributed by atoms with Crippen molar-refractivity contribution in [2.24, 2.45) is 0 Å². The molecule has 6 heteroatoms. The second kappa shape index (κ2) is 7.37. The average Bonchev–Trinajstić information content (AvgIpc) is 2.62. The van der Waals surface area contributed by atoms with Gasteiger partial charge in [0.1, 0.15) is 12.4 Å². The molecule has 0 amide bonds. The topological polar surface area (TPSA) is 70.0 Å². The van der Waals surface area contributed by atoms with E-state index in [9.17, 15) is 9.90 Å². The van der Waals surface area contributed by atoms with Crippen molar-refractivity contribution in [2.45, 2.75) is 17.4 Å². The standard InChI is InChI=1S/C19H21NO4S/c1-19(23,18(21)22)14-6-8-15(9-7-14)24-12-10-20-11-13-25-17-5-3-2-4-16(17)20/h2-9,23H,10-13H2,1H3,(H,21,22). The van der Waals surface area contributed by atoms with Crippen molar-refractivity contribution in [3.8, 4) is 5.75 Å².